The van der Waals surface area contributed by atoms with E-state index in [1.807, 2.05) is 0 Å². The summed E-state index contributed by atoms with van der Waals surface area (Å²) < 4.78 is 18.5. The molecule has 2 fully saturated rings. The van der Waals surface area contributed by atoms with Gasteiger partial charge in [0.15, 0.2) is 0 Å². The molecule has 1 aliphatic carbocycles. The van der Waals surface area contributed by atoms with Crippen LogP contribution in [0.3, 0.4) is 0 Å². The minimum absolute atomic E-state index is 0.0981. The van der Waals surface area contributed by atoms with Crippen LogP contribution in [-0.4, -0.2) is 60.8 Å². The highest BCUT2D eigenvalue weighted by Gasteiger charge is 2.40. The fraction of sp³-hybridized carbons (Fsp3) is 0.571. The number of anilines is 1. The van der Waals surface area contributed by atoms with Crippen molar-refractivity contribution in [2.45, 2.75) is 26.7 Å². The summed E-state index contributed by atoms with van der Waals surface area (Å²) in [4.78, 5) is 20.5. The zero-order chi connectivity index (χ0) is 20.1. The Morgan fingerprint density at radius 3 is 2.64 bits per heavy atom. The van der Waals surface area contributed by atoms with E-state index in [0.717, 1.165) is 45.0 Å². The molecule has 152 valence electrons. The molecule has 2 aliphatic rings. The lowest BCUT2D eigenvalue weighted by atomic mass is 9.71. The first-order valence-electron chi connectivity index (χ1n) is 9.76. The first kappa shape index (κ1) is 21.0. The number of carbonyl (C=O) groups excluding carboxylic acids is 1. The lowest BCUT2D eigenvalue weighted by Gasteiger charge is -2.35. The zero-order valence-corrected chi connectivity index (χ0v) is 17.4. The van der Waals surface area contributed by atoms with Crippen LogP contribution in [0, 0.1) is 17.2 Å². The van der Waals surface area contributed by atoms with E-state index in [4.69, 9.17) is 21.9 Å². The Balaban J connectivity index is 1.70. The summed E-state index contributed by atoms with van der Waals surface area (Å²) in [5.74, 6) is -0.712. The maximum atomic E-state index is 13.1. The molecule has 1 atom stereocenters. The zero-order valence-electron chi connectivity index (χ0n) is 16.5. The molecular formula is C21H28FN3O2S. The highest BCUT2D eigenvalue weighted by molar-refractivity contribution is 7.80. The molecule has 1 aromatic carbocycles. The third kappa shape index (κ3) is 5.65. The molecule has 1 saturated heterocycles. The molecule has 1 aromatic rings. The van der Waals surface area contributed by atoms with Crippen LogP contribution in [0.2, 0.25) is 0 Å². The first-order chi connectivity index (χ1) is 13.3. The van der Waals surface area contributed by atoms with Gasteiger partial charge >= 0.3 is 0 Å². The summed E-state index contributed by atoms with van der Waals surface area (Å²) in [6.07, 6.45) is 1.23. The second-order valence-corrected chi connectivity index (χ2v) is 8.68. The SMILES string of the molecule is CC1(C)CC(=O)C(C(=S)Nc2ccc(F)cc2)C(=NCCN2CCOCC2)C1. The van der Waals surface area contributed by atoms with Gasteiger partial charge in [0.2, 0.25) is 0 Å². The van der Waals surface area contributed by atoms with Crippen molar-refractivity contribution in [3.05, 3.63) is 30.1 Å². The van der Waals surface area contributed by atoms with Gasteiger partial charge in [-0.2, -0.15) is 0 Å². The van der Waals surface area contributed by atoms with E-state index in [1.54, 1.807) is 12.1 Å². The summed E-state index contributed by atoms with van der Waals surface area (Å²) in [5.41, 5.74) is 1.42. The maximum Gasteiger partial charge on any atom is 0.148 e. The fourth-order valence-electron chi connectivity index (χ4n) is 3.77. The number of nitrogens with zero attached hydrogens (tertiary/aromatic N) is 2. The Morgan fingerprint density at radius 2 is 1.96 bits per heavy atom. The van der Waals surface area contributed by atoms with Crippen molar-refractivity contribution in [3.8, 4) is 0 Å². The van der Waals surface area contributed by atoms with Crippen molar-refractivity contribution in [3.63, 3.8) is 0 Å². The van der Waals surface area contributed by atoms with Gasteiger partial charge in [-0.25, -0.2) is 4.39 Å². The van der Waals surface area contributed by atoms with Crippen LogP contribution < -0.4 is 5.32 Å². The molecular weight excluding hydrogens is 377 g/mol. The van der Waals surface area contributed by atoms with Gasteiger partial charge in [-0.15, -0.1) is 0 Å². The second-order valence-electron chi connectivity index (χ2n) is 8.24. The van der Waals surface area contributed by atoms with Crippen LogP contribution in [0.5, 0.6) is 0 Å². The number of benzene rings is 1. The number of ether oxygens (including phenoxy) is 1. The number of morpholine rings is 1. The number of ketones is 1. The van der Waals surface area contributed by atoms with Gasteiger partial charge in [-0.3, -0.25) is 14.7 Å². The summed E-state index contributed by atoms with van der Waals surface area (Å²) in [7, 11) is 0. The lowest BCUT2D eigenvalue weighted by Crippen LogP contribution is -2.44. The molecule has 1 heterocycles. The van der Waals surface area contributed by atoms with Crippen LogP contribution in [0.1, 0.15) is 26.7 Å². The van der Waals surface area contributed by atoms with Crippen molar-refractivity contribution in [2.75, 3.05) is 44.7 Å². The summed E-state index contributed by atoms with van der Waals surface area (Å²) in [6, 6.07) is 5.98. The van der Waals surface area contributed by atoms with E-state index in [1.165, 1.54) is 12.1 Å². The van der Waals surface area contributed by atoms with Gasteiger partial charge < -0.3 is 10.1 Å². The maximum absolute atomic E-state index is 13.1. The summed E-state index contributed by atoms with van der Waals surface area (Å²) in [6.45, 7) is 9.05. The number of hydrogen-bond donors (Lipinski definition) is 1. The second kappa shape index (κ2) is 9.20. The smallest absolute Gasteiger partial charge is 0.148 e. The standard InChI is InChI=1S/C21H28FN3O2S/c1-21(2)13-17(23-7-8-25-9-11-27-12-10-25)19(18(26)14-21)20(28)24-16-5-3-15(22)4-6-16/h3-6,19H,7-14H2,1-2H3,(H,24,28). The Kier molecular flexibility index (Phi) is 6.91. The number of halogens is 1. The van der Waals surface area contributed by atoms with E-state index >= 15 is 0 Å². The lowest BCUT2D eigenvalue weighted by molar-refractivity contribution is -0.122. The van der Waals surface area contributed by atoms with Gasteiger partial charge in [-0.1, -0.05) is 26.1 Å². The van der Waals surface area contributed by atoms with Crippen molar-refractivity contribution >= 4 is 34.4 Å². The molecule has 0 aromatic heterocycles. The number of rotatable bonds is 5. The van der Waals surface area contributed by atoms with E-state index < -0.39 is 5.92 Å². The third-order valence-corrected chi connectivity index (χ3v) is 5.51. The van der Waals surface area contributed by atoms with Gasteiger partial charge in [0.1, 0.15) is 17.5 Å². The van der Waals surface area contributed by atoms with Gasteiger partial charge in [0.05, 0.1) is 24.7 Å². The summed E-state index contributed by atoms with van der Waals surface area (Å²) >= 11 is 5.56. The average Bonchev–Trinajstić information content (AvgIpc) is 2.63. The van der Waals surface area contributed by atoms with E-state index in [0.29, 0.717) is 23.6 Å². The molecule has 3 rings (SSSR count). The van der Waals surface area contributed by atoms with Crippen molar-refractivity contribution in [1.29, 1.82) is 0 Å². The monoisotopic (exact) mass is 405 g/mol. The normalized spacial score (nSPS) is 24.3. The van der Waals surface area contributed by atoms with Gasteiger partial charge in [0, 0.05) is 37.5 Å². The molecule has 1 aliphatic heterocycles. The molecule has 1 N–H and O–H groups in total. The van der Waals surface area contributed by atoms with Crippen LogP contribution in [0.4, 0.5) is 10.1 Å². The van der Waals surface area contributed by atoms with E-state index in [-0.39, 0.29) is 17.0 Å². The topological polar surface area (TPSA) is 53.9 Å². The van der Waals surface area contributed by atoms with Crippen LogP contribution >= 0.6 is 12.2 Å². The molecule has 1 saturated carbocycles. The van der Waals surface area contributed by atoms with Gasteiger partial charge in [-0.05, 0) is 36.1 Å². The molecule has 5 nitrogen and oxygen atoms in total. The minimum atomic E-state index is -0.502. The third-order valence-electron chi connectivity index (χ3n) is 5.18. The highest BCUT2D eigenvalue weighted by atomic mass is 32.1. The number of thiocarbonyl (C=S) groups is 1. The predicted molar refractivity (Wildman–Crippen MR) is 114 cm³/mol. The molecule has 0 radical (unpaired) electrons. The number of aliphatic imine (C=N–C) groups is 1. The van der Waals surface area contributed by atoms with Crippen LogP contribution in [0.15, 0.2) is 29.3 Å². The minimum Gasteiger partial charge on any atom is -0.379 e. The Morgan fingerprint density at radius 1 is 1.29 bits per heavy atom. The highest BCUT2D eigenvalue weighted by Crippen LogP contribution is 2.35. The number of nitrogens with one attached hydrogen (secondary N) is 1. The largest absolute Gasteiger partial charge is 0.379 e. The molecule has 1 unspecified atom stereocenters. The summed E-state index contributed by atoms with van der Waals surface area (Å²) in [5, 5.41) is 3.10. The van der Waals surface area contributed by atoms with E-state index in [9.17, 15) is 9.18 Å². The van der Waals surface area contributed by atoms with Crippen LogP contribution in [0.25, 0.3) is 0 Å². The molecule has 7 heteroatoms. The Bertz CT molecular complexity index is 743. The molecule has 0 bridgehead atoms. The Labute approximate surface area is 171 Å². The predicted octanol–water partition coefficient (Wildman–Crippen LogP) is 3.34. The number of carbonyl (C=O) groups is 1. The van der Waals surface area contributed by atoms with Crippen molar-refractivity contribution < 1.29 is 13.9 Å². The van der Waals surface area contributed by atoms with Crippen LogP contribution in [-0.2, 0) is 9.53 Å². The quantitative estimate of drug-likeness (QED) is 0.762. The van der Waals surface area contributed by atoms with Crippen molar-refractivity contribution in [2.24, 2.45) is 16.3 Å². The molecule has 28 heavy (non-hydrogen) atoms. The fourth-order valence-corrected chi connectivity index (χ4v) is 4.15. The van der Waals surface area contributed by atoms with Crippen molar-refractivity contribution in [1.82, 2.24) is 4.90 Å². The van der Waals surface area contributed by atoms with E-state index in [2.05, 4.69) is 24.1 Å². The number of hydrogen-bond acceptors (Lipinski definition) is 5. The Hall–Kier alpha value is -1.70. The number of Topliss-reactive ketones (excluding diaryl/α,β-unsaturated/α-hetero) is 1. The first-order valence-corrected chi connectivity index (χ1v) is 10.2. The average molecular weight is 406 g/mol. The molecule has 0 amide bonds. The van der Waals surface area contributed by atoms with Gasteiger partial charge in [0.25, 0.3) is 0 Å². The molecule has 0 spiro atoms.